The van der Waals surface area contributed by atoms with Gasteiger partial charge < -0.3 is 14.2 Å². The van der Waals surface area contributed by atoms with Crippen LogP contribution in [-0.4, -0.2) is 57.8 Å². The molecule has 3 aromatic rings. The van der Waals surface area contributed by atoms with E-state index in [1.807, 2.05) is 23.7 Å². The number of carbonyl (C=O) groups is 1. The minimum atomic E-state index is -4.66. The molecule has 1 aromatic heterocycles. The SMILES string of the molecule is Cn1cnnc1CC1(c2cccc(N3Cc4c(cc(CN5CC6C(C5)C6(F)F)cc4C(F)(F)F)C3=O)c2)COC1. The first-order valence-electron chi connectivity index (χ1n) is 13.1. The van der Waals surface area contributed by atoms with Gasteiger partial charge in [-0.1, -0.05) is 12.1 Å². The fourth-order valence-electron chi connectivity index (χ4n) is 6.49. The van der Waals surface area contributed by atoms with Gasteiger partial charge in [-0.05, 0) is 41.0 Å². The van der Waals surface area contributed by atoms with Crippen molar-refractivity contribution in [1.82, 2.24) is 19.7 Å². The summed E-state index contributed by atoms with van der Waals surface area (Å²) in [7, 11) is 1.85. The molecule has 2 atom stereocenters. The molecular weight excluding hydrogens is 533 g/mol. The monoisotopic (exact) mass is 559 g/mol. The number of hydrogen-bond donors (Lipinski definition) is 0. The topological polar surface area (TPSA) is 63.5 Å². The summed E-state index contributed by atoms with van der Waals surface area (Å²) in [4.78, 5) is 16.7. The average Bonchev–Trinajstić information content (AvgIpc) is 3.36. The van der Waals surface area contributed by atoms with Gasteiger partial charge in [0.2, 0.25) is 0 Å². The number of halogens is 5. The van der Waals surface area contributed by atoms with Gasteiger partial charge in [0, 0.05) is 61.6 Å². The summed E-state index contributed by atoms with van der Waals surface area (Å²) >= 11 is 0. The predicted octanol–water partition coefficient (Wildman–Crippen LogP) is 4.20. The third-order valence-electron chi connectivity index (χ3n) is 8.92. The second-order valence-corrected chi connectivity index (χ2v) is 11.5. The molecule has 3 aliphatic heterocycles. The number of carbonyl (C=O) groups excluding carboxylic acids is 1. The van der Waals surface area contributed by atoms with Crippen LogP contribution in [0.4, 0.5) is 27.6 Å². The van der Waals surface area contributed by atoms with Crippen molar-refractivity contribution in [2.75, 3.05) is 31.2 Å². The number of piperidine rings is 1. The van der Waals surface area contributed by atoms with Gasteiger partial charge in [0.15, 0.2) is 0 Å². The van der Waals surface area contributed by atoms with E-state index in [-0.39, 0.29) is 42.7 Å². The lowest BCUT2D eigenvalue weighted by Gasteiger charge is -2.42. The van der Waals surface area contributed by atoms with Crippen LogP contribution in [-0.2, 0) is 42.9 Å². The number of likely N-dealkylation sites (tertiary alicyclic amines) is 1. The maximum Gasteiger partial charge on any atom is 0.416 e. The molecule has 1 amide bonds. The zero-order valence-electron chi connectivity index (χ0n) is 21.6. The number of fused-ring (bicyclic) bond motifs is 2. The highest BCUT2D eigenvalue weighted by Gasteiger charge is 2.71. The standard InChI is InChI=1S/C28H26F5N5O2/c1-36-15-34-35-24(36)8-26(13-40-14-26)17-3-2-4-18(7-17)38-10-20-19(25(38)39)5-16(6-21(20)28(31,32)33)9-37-11-22-23(12-37)27(22,29)30/h2-7,15,22-23H,8-14H2,1H3. The van der Waals surface area contributed by atoms with Crippen LogP contribution in [0.15, 0.2) is 42.7 Å². The first kappa shape index (κ1) is 25.6. The van der Waals surface area contributed by atoms with Crippen molar-refractivity contribution in [2.24, 2.45) is 18.9 Å². The van der Waals surface area contributed by atoms with Crippen LogP contribution in [0.5, 0.6) is 0 Å². The van der Waals surface area contributed by atoms with Gasteiger partial charge in [-0.15, -0.1) is 10.2 Å². The molecular formula is C28H26F5N5O2. The van der Waals surface area contributed by atoms with Gasteiger partial charge in [-0.2, -0.15) is 13.2 Å². The lowest BCUT2D eigenvalue weighted by atomic mass is 9.75. The fraction of sp³-hybridized carbons (Fsp3) is 0.464. The number of amides is 1. The second-order valence-electron chi connectivity index (χ2n) is 11.5. The molecule has 40 heavy (non-hydrogen) atoms. The van der Waals surface area contributed by atoms with E-state index in [9.17, 15) is 26.7 Å². The summed E-state index contributed by atoms with van der Waals surface area (Å²) < 4.78 is 77.1. The van der Waals surface area contributed by atoms with Gasteiger partial charge in [0.25, 0.3) is 11.8 Å². The van der Waals surface area contributed by atoms with Crippen LogP contribution in [0.2, 0.25) is 0 Å². The van der Waals surface area contributed by atoms with Gasteiger partial charge >= 0.3 is 6.18 Å². The normalized spacial score (nSPS) is 24.6. The molecule has 0 N–H and O–H groups in total. The van der Waals surface area contributed by atoms with Gasteiger partial charge in [0.05, 0.1) is 25.3 Å². The number of hydrogen-bond acceptors (Lipinski definition) is 5. The van der Waals surface area contributed by atoms with Crippen LogP contribution < -0.4 is 4.90 Å². The third kappa shape index (κ3) is 3.94. The molecule has 210 valence electrons. The van der Waals surface area contributed by atoms with Crippen molar-refractivity contribution in [3.63, 3.8) is 0 Å². The predicted molar refractivity (Wildman–Crippen MR) is 133 cm³/mol. The van der Waals surface area contributed by atoms with Crippen LogP contribution in [0.3, 0.4) is 0 Å². The number of benzene rings is 2. The zero-order valence-corrected chi connectivity index (χ0v) is 21.6. The maximum atomic E-state index is 14.2. The quantitative estimate of drug-likeness (QED) is 0.424. The minimum Gasteiger partial charge on any atom is -0.379 e. The molecule has 3 fully saturated rings. The molecule has 1 aliphatic carbocycles. The summed E-state index contributed by atoms with van der Waals surface area (Å²) in [5.41, 5.74) is 0.406. The van der Waals surface area contributed by atoms with Crippen molar-refractivity contribution in [2.45, 2.75) is 37.0 Å². The number of nitrogens with zero attached hydrogens (tertiary/aromatic N) is 5. The summed E-state index contributed by atoms with van der Waals surface area (Å²) in [6.07, 6.45) is -2.48. The molecule has 4 heterocycles. The molecule has 2 saturated heterocycles. The first-order valence-corrected chi connectivity index (χ1v) is 13.1. The number of aryl methyl sites for hydroxylation is 1. The largest absolute Gasteiger partial charge is 0.416 e. The average molecular weight is 560 g/mol. The molecule has 2 aromatic carbocycles. The summed E-state index contributed by atoms with van der Waals surface area (Å²) in [5.74, 6) is -3.87. The maximum absolute atomic E-state index is 14.2. The Morgan fingerprint density at radius 3 is 2.48 bits per heavy atom. The van der Waals surface area contributed by atoms with E-state index in [4.69, 9.17) is 4.74 Å². The Balaban J connectivity index is 1.17. The van der Waals surface area contributed by atoms with E-state index in [1.165, 1.54) is 11.0 Å². The van der Waals surface area contributed by atoms with Crippen molar-refractivity contribution < 1.29 is 31.5 Å². The number of anilines is 1. The van der Waals surface area contributed by atoms with E-state index in [2.05, 4.69) is 10.2 Å². The Bertz CT molecular complexity index is 1500. The second kappa shape index (κ2) is 8.56. The lowest BCUT2D eigenvalue weighted by molar-refractivity contribution is -0.138. The number of rotatable bonds is 6. The molecule has 12 heteroatoms. The van der Waals surface area contributed by atoms with E-state index in [0.717, 1.165) is 17.5 Å². The van der Waals surface area contributed by atoms with Gasteiger partial charge in [-0.25, -0.2) is 8.78 Å². The highest BCUT2D eigenvalue weighted by atomic mass is 19.4. The highest BCUT2D eigenvalue weighted by Crippen LogP contribution is 2.59. The van der Waals surface area contributed by atoms with Crippen molar-refractivity contribution >= 4 is 11.6 Å². The Hall–Kier alpha value is -3.38. The summed E-state index contributed by atoms with van der Waals surface area (Å²) in [6.45, 7) is 1.06. The molecule has 4 aliphatic rings. The van der Waals surface area contributed by atoms with Crippen LogP contribution in [0, 0.1) is 11.8 Å². The van der Waals surface area contributed by atoms with Crippen LogP contribution in [0.25, 0.3) is 0 Å². The molecule has 7 nitrogen and oxygen atoms in total. The number of alkyl halides is 5. The van der Waals surface area contributed by atoms with E-state index < -0.39 is 35.4 Å². The first-order chi connectivity index (χ1) is 19.0. The van der Waals surface area contributed by atoms with Gasteiger partial charge in [-0.3, -0.25) is 9.69 Å². The number of ether oxygens (including phenoxy) is 1. The van der Waals surface area contributed by atoms with Crippen LogP contribution >= 0.6 is 0 Å². The highest BCUT2D eigenvalue weighted by molar-refractivity contribution is 6.10. The Kier molecular flexibility index (Phi) is 5.47. The Morgan fingerprint density at radius 1 is 1.10 bits per heavy atom. The Morgan fingerprint density at radius 2 is 1.85 bits per heavy atom. The van der Waals surface area contributed by atoms with Crippen LogP contribution in [0.1, 0.15) is 38.4 Å². The zero-order chi connectivity index (χ0) is 28.0. The molecule has 7 rings (SSSR count). The molecule has 0 radical (unpaired) electrons. The van der Waals surface area contributed by atoms with E-state index in [0.29, 0.717) is 30.9 Å². The fourth-order valence-corrected chi connectivity index (χ4v) is 6.49. The summed E-state index contributed by atoms with van der Waals surface area (Å²) in [5, 5.41) is 8.13. The number of aromatic nitrogens is 3. The van der Waals surface area contributed by atoms with Crippen molar-refractivity contribution in [1.29, 1.82) is 0 Å². The van der Waals surface area contributed by atoms with E-state index >= 15 is 0 Å². The third-order valence-corrected chi connectivity index (χ3v) is 8.92. The minimum absolute atomic E-state index is 0.00527. The van der Waals surface area contributed by atoms with Crippen molar-refractivity contribution in [3.05, 3.63) is 76.4 Å². The van der Waals surface area contributed by atoms with Crippen molar-refractivity contribution in [3.8, 4) is 0 Å². The lowest BCUT2D eigenvalue weighted by Crippen LogP contribution is -2.49. The van der Waals surface area contributed by atoms with E-state index in [1.54, 1.807) is 23.4 Å². The smallest absolute Gasteiger partial charge is 0.379 e. The summed E-state index contributed by atoms with van der Waals surface area (Å²) in [6, 6.07) is 9.84. The molecule has 1 saturated carbocycles. The Labute approximate surface area is 226 Å². The molecule has 0 spiro atoms. The molecule has 2 unspecified atom stereocenters. The van der Waals surface area contributed by atoms with Gasteiger partial charge in [0.1, 0.15) is 12.2 Å². The molecule has 0 bridgehead atoms.